The number of aromatic nitrogens is 3. The number of furan rings is 1. The molecule has 0 bridgehead atoms. The van der Waals surface area contributed by atoms with Crippen LogP contribution >= 0.6 is 0 Å². The molecule has 3 heterocycles. The summed E-state index contributed by atoms with van der Waals surface area (Å²) in [6.07, 6.45) is 2.02. The van der Waals surface area contributed by atoms with E-state index in [1.165, 1.54) is 22.9 Å². The van der Waals surface area contributed by atoms with Crippen molar-refractivity contribution in [3.05, 3.63) is 145 Å². The van der Waals surface area contributed by atoms with E-state index in [-0.39, 0.29) is 31.3 Å². The predicted molar refractivity (Wildman–Crippen MR) is 203 cm³/mol. The molecule has 8 rings (SSSR count). The van der Waals surface area contributed by atoms with Crippen molar-refractivity contribution >= 4 is 46.2 Å². The Labute approximate surface area is 307 Å². The molecule has 0 fully saturated rings. The van der Waals surface area contributed by atoms with Crippen molar-refractivity contribution in [1.82, 2.24) is 14.5 Å². The maximum absolute atomic E-state index is 13.9. The third kappa shape index (κ3) is 6.99. The topological polar surface area (TPSA) is 43.9 Å². The summed E-state index contributed by atoms with van der Waals surface area (Å²) in [5, 5.41) is 2.99. The van der Waals surface area contributed by atoms with E-state index in [0.717, 1.165) is 50.1 Å². The minimum absolute atomic E-state index is 0. The number of benzene rings is 5. The zero-order valence-electron chi connectivity index (χ0n) is 29.0. The second-order valence-corrected chi connectivity index (χ2v) is 19.4. The third-order valence-corrected chi connectivity index (χ3v) is 10.8. The summed E-state index contributed by atoms with van der Waals surface area (Å²) in [5.74, 6) is 0.454. The number of rotatable bonds is 4. The fourth-order valence-corrected chi connectivity index (χ4v) is 7.03. The van der Waals surface area contributed by atoms with Crippen LogP contribution in [-0.2, 0) is 25.5 Å². The number of para-hydroxylation sites is 2. The van der Waals surface area contributed by atoms with Crippen molar-refractivity contribution in [3.63, 3.8) is 0 Å². The normalized spacial score (nSPS) is 11.7. The average molecular weight is 852 g/mol. The van der Waals surface area contributed by atoms with E-state index in [2.05, 4.69) is 105 Å². The first kappa shape index (κ1) is 35.2. The Kier molecular flexibility index (Phi) is 9.78. The molecule has 0 aliphatic heterocycles. The predicted octanol–water partition coefficient (Wildman–Crippen LogP) is 10.9. The molecule has 253 valence electrons. The second kappa shape index (κ2) is 13.9. The van der Waals surface area contributed by atoms with Gasteiger partial charge in [0.15, 0.2) is 0 Å². The van der Waals surface area contributed by atoms with Gasteiger partial charge in [-0.3, -0.25) is 4.98 Å². The molecule has 4 nitrogen and oxygen atoms in total. The maximum atomic E-state index is 13.9. The van der Waals surface area contributed by atoms with Gasteiger partial charge in [0.1, 0.15) is 11.4 Å². The molecule has 5 aromatic carbocycles. The average Bonchev–Trinajstić information content (AvgIpc) is 3.67. The van der Waals surface area contributed by atoms with Gasteiger partial charge in [0.2, 0.25) is 0 Å². The number of hydrogen-bond donors (Lipinski definition) is 0. The molecule has 0 saturated heterocycles. The van der Waals surface area contributed by atoms with Gasteiger partial charge in [-0.25, -0.2) is 4.39 Å². The van der Waals surface area contributed by atoms with Gasteiger partial charge in [0.05, 0.1) is 30.5 Å². The number of hydrogen-bond acceptors (Lipinski definition) is 3. The van der Waals surface area contributed by atoms with Crippen LogP contribution in [0.2, 0.25) is 19.6 Å². The van der Waals surface area contributed by atoms with Crippen LogP contribution in [0.15, 0.2) is 126 Å². The summed E-state index contributed by atoms with van der Waals surface area (Å²) in [7, 11) is -1.23. The monoisotopic (exact) mass is 852 g/mol. The molecule has 0 amide bonds. The van der Waals surface area contributed by atoms with E-state index < -0.39 is 8.07 Å². The zero-order chi connectivity index (χ0) is 34.3. The van der Waals surface area contributed by atoms with Gasteiger partial charge in [-0.05, 0) is 64.3 Å². The molecule has 0 spiro atoms. The number of nitrogens with zero attached hydrogens (tertiary/aromatic N) is 3. The summed E-state index contributed by atoms with van der Waals surface area (Å²) in [6, 6.07) is 43.8. The van der Waals surface area contributed by atoms with Crippen LogP contribution in [0.4, 0.5) is 4.39 Å². The Bertz CT molecular complexity index is 2400. The van der Waals surface area contributed by atoms with Crippen molar-refractivity contribution in [1.29, 1.82) is 0 Å². The molecule has 0 aliphatic carbocycles. The molecule has 0 aliphatic rings. The van der Waals surface area contributed by atoms with Crippen LogP contribution < -0.4 is 5.19 Å². The van der Waals surface area contributed by atoms with E-state index in [1.807, 2.05) is 60.8 Å². The summed E-state index contributed by atoms with van der Waals surface area (Å²) < 4.78 is 22.3. The van der Waals surface area contributed by atoms with Gasteiger partial charge in [-0.2, -0.15) is 0 Å². The molecular formula is C43H38FIrN3OSi-2. The van der Waals surface area contributed by atoms with E-state index in [1.54, 1.807) is 6.07 Å². The molecule has 0 saturated carbocycles. The summed E-state index contributed by atoms with van der Waals surface area (Å²) in [6.45, 7) is 13.6. The quantitative estimate of drug-likeness (QED) is 0.131. The van der Waals surface area contributed by atoms with Gasteiger partial charge in [-0.15, -0.1) is 54.1 Å². The van der Waals surface area contributed by atoms with Crippen LogP contribution in [0.1, 0.15) is 26.3 Å². The largest absolute Gasteiger partial charge is 0.501 e. The molecule has 0 N–H and O–H groups in total. The van der Waals surface area contributed by atoms with Crippen molar-refractivity contribution in [2.75, 3.05) is 0 Å². The van der Waals surface area contributed by atoms with Crippen LogP contribution in [0.5, 0.6) is 0 Å². The number of fused-ring (bicyclic) bond motifs is 4. The summed E-state index contributed by atoms with van der Waals surface area (Å²) >= 11 is 0. The van der Waals surface area contributed by atoms with Crippen LogP contribution in [0.25, 0.3) is 61.3 Å². The first-order valence-electron chi connectivity index (χ1n) is 16.5. The molecule has 0 unspecified atom stereocenters. The van der Waals surface area contributed by atoms with Crippen LogP contribution in [0.3, 0.4) is 0 Å². The molecular weight excluding hydrogens is 814 g/mol. The van der Waals surface area contributed by atoms with Crippen molar-refractivity contribution in [2.45, 2.75) is 45.8 Å². The first-order valence-corrected chi connectivity index (χ1v) is 20.0. The Morgan fingerprint density at radius 2 is 1.54 bits per heavy atom. The van der Waals surface area contributed by atoms with Gasteiger partial charge < -0.3 is 14.0 Å². The van der Waals surface area contributed by atoms with Gasteiger partial charge >= 0.3 is 0 Å². The van der Waals surface area contributed by atoms with Crippen molar-refractivity contribution < 1.29 is 28.9 Å². The van der Waals surface area contributed by atoms with Crippen molar-refractivity contribution in [2.24, 2.45) is 0 Å². The maximum Gasteiger partial charge on any atom is 0.124 e. The SMILES string of the molecule is CC(C)(C)c1ccc(-n2c(-c3[c-]ccc4c3oc3ccc(F)cc34)nc3ccccc32)cc1.C[Si](C)(C)c1ccc(-c2[c-]cccc2)nc1.[Ir]. The summed E-state index contributed by atoms with van der Waals surface area (Å²) in [4.78, 5) is 9.48. The van der Waals surface area contributed by atoms with E-state index in [4.69, 9.17) is 9.40 Å². The number of imidazole rings is 1. The third-order valence-electron chi connectivity index (χ3n) is 8.78. The summed E-state index contributed by atoms with van der Waals surface area (Å²) in [5.41, 5.74) is 8.35. The molecule has 3 aromatic heterocycles. The fraction of sp³-hybridized carbons (Fsp3) is 0.163. The van der Waals surface area contributed by atoms with Crippen LogP contribution in [-0.4, -0.2) is 22.6 Å². The Hall–Kier alpha value is -4.68. The van der Waals surface area contributed by atoms with Gasteiger partial charge in [-0.1, -0.05) is 87.8 Å². The van der Waals surface area contributed by atoms with Gasteiger partial charge in [0.25, 0.3) is 0 Å². The smallest absolute Gasteiger partial charge is 0.124 e. The Morgan fingerprint density at radius 3 is 2.22 bits per heavy atom. The number of halogens is 1. The van der Waals surface area contributed by atoms with Gasteiger partial charge in [0, 0.05) is 37.4 Å². The Balaban J connectivity index is 0.000000215. The second-order valence-electron chi connectivity index (χ2n) is 14.4. The first-order chi connectivity index (χ1) is 23.5. The molecule has 50 heavy (non-hydrogen) atoms. The Morgan fingerprint density at radius 1 is 0.780 bits per heavy atom. The molecule has 7 heteroatoms. The molecule has 1 radical (unpaired) electrons. The minimum Gasteiger partial charge on any atom is -0.501 e. The van der Waals surface area contributed by atoms with Crippen molar-refractivity contribution in [3.8, 4) is 28.3 Å². The fourth-order valence-electron chi connectivity index (χ4n) is 6.00. The van der Waals surface area contributed by atoms with Crippen LogP contribution in [0, 0.1) is 17.9 Å². The molecule has 8 aromatic rings. The molecule has 0 atom stereocenters. The zero-order valence-corrected chi connectivity index (χ0v) is 32.4. The minimum atomic E-state index is -1.23. The van der Waals surface area contributed by atoms with E-state index in [0.29, 0.717) is 11.2 Å². The standard InChI is InChI=1S/C29H22FN2O.C14H16NSi.Ir/c1-29(2,3)18-11-14-20(15-12-18)32-25-10-5-4-9-24(25)31-28(32)22-8-6-7-21-23-17-19(30)13-16-26(23)33-27(21)22;1-16(2,3)13-9-10-14(15-11-13)12-7-5-4-6-8-12;/h4-7,9-17H,1-3H3;4-7,9-11H,1-3H3;/q2*-1;. The van der Waals surface area contributed by atoms with E-state index >= 15 is 0 Å². The number of pyridine rings is 1. The van der Waals surface area contributed by atoms with E-state index in [9.17, 15) is 4.39 Å².